The third-order valence-electron chi connectivity index (χ3n) is 4.20. The van der Waals surface area contributed by atoms with Crippen molar-refractivity contribution in [1.82, 2.24) is 25.9 Å². The fourth-order valence-corrected chi connectivity index (χ4v) is 2.54. The number of amides is 3. The summed E-state index contributed by atoms with van der Waals surface area (Å²) in [6.45, 7) is 4.52. The summed E-state index contributed by atoms with van der Waals surface area (Å²) in [6, 6.07) is -3.40. The molecule has 0 fully saturated rings. The summed E-state index contributed by atoms with van der Waals surface area (Å²) in [6.07, 6.45) is 2.03. The highest BCUT2D eigenvalue weighted by Crippen LogP contribution is 2.05. The van der Waals surface area contributed by atoms with Gasteiger partial charge in [-0.3, -0.25) is 14.4 Å². The van der Waals surface area contributed by atoms with Crippen LogP contribution in [0.1, 0.15) is 32.9 Å². The van der Waals surface area contributed by atoms with Crippen LogP contribution in [0, 0.1) is 5.92 Å². The fraction of sp³-hybridized carbons (Fsp3) is 0.611. The third-order valence-corrected chi connectivity index (χ3v) is 4.20. The van der Waals surface area contributed by atoms with Crippen molar-refractivity contribution in [3.8, 4) is 0 Å². The number of carbonyl (C=O) groups excluding carboxylic acids is 3. The molecule has 0 spiro atoms. The fourth-order valence-electron chi connectivity index (χ4n) is 2.54. The zero-order valence-electron chi connectivity index (χ0n) is 17.2. The normalized spacial score (nSPS) is 15.0. The van der Waals surface area contributed by atoms with Crippen molar-refractivity contribution in [3.63, 3.8) is 0 Å². The van der Waals surface area contributed by atoms with Gasteiger partial charge in [-0.15, -0.1) is 0 Å². The molecule has 3 amide bonds. The highest BCUT2D eigenvalue weighted by molar-refractivity contribution is 5.92. The number of carboxylic acid groups (broad SMARTS) is 1. The van der Waals surface area contributed by atoms with E-state index in [9.17, 15) is 29.4 Å². The second-order valence-corrected chi connectivity index (χ2v) is 7.41. The van der Waals surface area contributed by atoms with Gasteiger partial charge in [-0.2, -0.15) is 0 Å². The van der Waals surface area contributed by atoms with Crippen molar-refractivity contribution < 1.29 is 29.4 Å². The highest BCUT2D eigenvalue weighted by atomic mass is 16.4. The SMILES string of the molecule is CC(C)CC(NC(=O)CNC(=O)C(Cc1cnc[nH]1)NC(=O)C(N)C(C)O)C(=O)O. The first-order valence-electron chi connectivity index (χ1n) is 9.52. The molecule has 1 rings (SSSR count). The van der Waals surface area contributed by atoms with Crippen molar-refractivity contribution in [3.05, 3.63) is 18.2 Å². The van der Waals surface area contributed by atoms with Gasteiger partial charge in [-0.1, -0.05) is 13.8 Å². The van der Waals surface area contributed by atoms with Gasteiger partial charge in [0, 0.05) is 18.3 Å². The van der Waals surface area contributed by atoms with E-state index in [1.165, 1.54) is 19.4 Å². The molecule has 0 saturated carbocycles. The zero-order valence-corrected chi connectivity index (χ0v) is 17.2. The molecule has 0 radical (unpaired) electrons. The van der Waals surface area contributed by atoms with Crippen LogP contribution in [0.2, 0.25) is 0 Å². The smallest absolute Gasteiger partial charge is 0.326 e. The lowest BCUT2D eigenvalue weighted by Crippen LogP contribution is -2.56. The lowest BCUT2D eigenvalue weighted by Gasteiger charge is -2.21. The van der Waals surface area contributed by atoms with Gasteiger partial charge in [-0.25, -0.2) is 9.78 Å². The van der Waals surface area contributed by atoms with Crippen LogP contribution in [-0.4, -0.2) is 74.6 Å². The zero-order chi connectivity index (χ0) is 22.8. The number of carboxylic acids is 1. The Balaban J connectivity index is 2.73. The average Bonchev–Trinajstić information content (AvgIpc) is 3.16. The maximum atomic E-state index is 12.5. The van der Waals surface area contributed by atoms with Gasteiger partial charge in [0.2, 0.25) is 17.7 Å². The first kappa shape index (κ1) is 25.0. The minimum Gasteiger partial charge on any atom is -0.480 e. The van der Waals surface area contributed by atoms with Crippen molar-refractivity contribution in [2.75, 3.05) is 6.54 Å². The minimum absolute atomic E-state index is 0.0385. The Morgan fingerprint density at radius 3 is 2.30 bits per heavy atom. The maximum absolute atomic E-state index is 12.5. The number of nitrogens with two attached hydrogens (primary N) is 1. The molecular formula is C18H30N6O6. The van der Waals surface area contributed by atoms with Gasteiger partial charge in [-0.05, 0) is 19.3 Å². The molecule has 4 atom stereocenters. The molecule has 1 heterocycles. The van der Waals surface area contributed by atoms with Crippen molar-refractivity contribution >= 4 is 23.7 Å². The van der Waals surface area contributed by atoms with Gasteiger partial charge < -0.3 is 36.9 Å². The van der Waals surface area contributed by atoms with Crippen LogP contribution in [-0.2, 0) is 25.6 Å². The van der Waals surface area contributed by atoms with Gasteiger partial charge in [0.05, 0.1) is 19.0 Å². The lowest BCUT2D eigenvalue weighted by molar-refractivity contribution is -0.142. The molecule has 0 aliphatic heterocycles. The molecule has 12 heteroatoms. The van der Waals surface area contributed by atoms with Crippen LogP contribution in [0.3, 0.4) is 0 Å². The number of aliphatic hydroxyl groups excluding tert-OH is 1. The molecule has 1 aromatic heterocycles. The molecule has 0 bridgehead atoms. The van der Waals surface area contributed by atoms with E-state index in [0.717, 1.165) is 0 Å². The quantitative estimate of drug-likeness (QED) is 0.196. The predicted molar refractivity (Wildman–Crippen MR) is 106 cm³/mol. The van der Waals surface area contributed by atoms with Gasteiger partial charge >= 0.3 is 5.97 Å². The number of nitrogens with one attached hydrogen (secondary N) is 4. The van der Waals surface area contributed by atoms with Crippen molar-refractivity contribution in [1.29, 1.82) is 0 Å². The van der Waals surface area contributed by atoms with E-state index < -0.39 is 54.5 Å². The number of carbonyl (C=O) groups is 4. The van der Waals surface area contributed by atoms with Crippen LogP contribution < -0.4 is 21.7 Å². The van der Waals surface area contributed by atoms with Crippen LogP contribution >= 0.6 is 0 Å². The molecule has 30 heavy (non-hydrogen) atoms. The Hall–Kier alpha value is -2.99. The largest absolute Gasteiger partial charge is 0.480 e. The number of hydrogen-bond donors (Lipinski definition) is 7. The molecule has 1 aromatic rings. The maximum Gasteiger partial charge on any atom is 0.326 e. The summed E-state index contributed by atoms with van der Waals surface area (Å²) >= 11 is 0. The molecule has 12 nitrogen and oxygen atoms in total. The van der Waals surface area contributed by atoms with E-state index in [1.807, 2.05) is 13.8 Å². The van der Waals surface area contributed by atoms with Gasteiger partial charge in [0.15, 0.2) is 0 Å². The number of aliphatic hydroxyl groups is 1. The van der Waals surface area contributed by atoms with E-state index in [1.54, 1.807) is 0 Å². The van der Waals surface area contributed by atoms with Crippen LogP contribution in [0.15, 0.2) is 12.5 Å². The summed E-state index contributed by atoms with van der Waals surface area (Å²) in [5.41, 5.74) is 6.14. The van der Waals surface area contributed by atoms with Crippen molar-refractivity contribution in [2.24, 2.45) is 11.7 Å². The van der Waals surface area contributed by atoms with E-state index >= 15 is 0 Å². The summed E-state index contributed by atoms with van der Waals surface area (Å²) in [4.78, 5) is 54.6. The molecule has 0 aliphatic carbocycles. The van der Waals surface area contributed by atoms with Crippen LogP contribution in [0.25, 0.3) is 0 Å². The second-order valence-electron chi connectivity index (χ2n) is 7.41. The summed E-state index contributed by atoms with van der Waals surface area (Å²) in [5, 5.41) is 25.8. The Morgan fingerprint density at radius 2 is 1.80 bits per heavy atom. The topological polar surface area (TPSA) is 200 Å². The van der Waals surface area contributed by atoms with Gasteiger partial charge in [0.1, 0.15) is 18.1 Å². The number of aromatic nitrogens is 2. The standard InChI is InChI=1S/C18H30N6O6/c1-9(2)4-13(18(29)30)23-14(26)7-21-16(27)12(5-11-6-20-8-22-11)24-17(28)15(19)10(3)25/h6,8-10,12-13,15,25H,4-5,7,19H2,1-3H3,(H,20,22)(H,21,27)(H,23,26)(H,24,28)(H,29,30). The summed E-state index contributed by atoms with van der Waals surface area (Å²) < 4.78 is 0. The molecule has 4 unspecified atom stereocenters. The Morgan fingerprint density at radius 1 is 1.13 bits per heavy atom. The summed E-state index contributed by atoms with van der Waals surface area (Å²) in [5.74, 6) is -3.21. The van der Waals surface area contributed by atoms with Gasteiger partial charge in [0.25, 0.3) is 0 Å². The van der Waals surface area contributed by atoms with Crippen LogP contribution in [0.4, 0.5) is 0 Å². The van der Waals surface area contributed by atoms with E-state index in [-0.39, 0.29) is 18.8 Å². The Bertz CT molecular complexity index is 721. The molecule has 0 aromatic carbocycles. The first-order valence-corrected chi connectivity index (χ1v) is 9.52. The number of H-pyrrole nitrogens is 1. The monoisotopic (exact) mass is 426 g/mol. The molecular weight excluding hydrogens is 396 g/mol. The molecule has 0 saturated heterocycles. The molecule has 168 valence electrons. The van der Waals surface area contributed by atoms with E-state index in [2.05, 4.69) is 25.9 Å². The van der Waals surface area contributed by atoms with E-state index in [4.69, 9.17) is 5.73 Å². The number of aromatic amines is 1. The number of nitrogens with zero attached hydrogens (tertiary/aromatic N) is 1. The van der Waals surface area contributed by atoms with E-state index in [0.29, 0.717) is 5.69 Å². The number of rotatable bonds is 12. The first-order chi connectivity index (χ1) is 14.0. The van der Waals surface area contributed by atoms with Crippen LogP contribution in [0.5, 0.6) is 0 Å². The van der Waals surface area contributed by atoms with Crippen molar-refractivity contribution in [2.45, 2.75) is 57.8 Å². The lowest BCUT2D eigenvalue weighted by atomic mass is 10.0. The predicted octanol–water partition coefficient (Wildman–Crippen LogP) is -2.12. The Kier molecular flexibility index (Phi) is 9.92. The Labute approximate surface area is 174 Å². The highest BCUT2D eigenvalue weighted by Gasteiger charge is 2.27. The number of imidazole rings is 1. The summed E-state index contributed by atoms with van der Waals surface area (Å²) in [7, 11) is 0. The third kappa shape index (κ3) is 8.57. The average molecular weight is 426 g/mol. The molecule has 0 aliphatic rings. The second kappa shape index (κ2) is 11.9. The minimum atomic E-state index is -1.24. The number of hydrogen-bond acceptors (Lipinski definition) is 7. The molecule has 8 N–H and O–H groups in total. The number of aliphatic carboxylic acids is 1.